The third kappa shape index (κ3) is 2.96. The van der Waals surface area contributed by atoms with Crippen molar-refractivity contribution in [3.8, 4) is 0 Å². The summed E-state index contributed by atoms with van der Waals surface area (Å²) in [6, 6.07) is 0.347. The van der Waals surface area contributed by atoms with Crippen LogP contribution in [0, 0.1) is 46.3 Å². The number of ketones is 1. The minimum Gasteiger partial charge on any atom is -0.469 e. The number of carbonyl (C=O) groups is 3. The van der Waals surface area contributed by atoms with E-state index in [4.69, 9.17) is 15.2 Å². The van der Waals surface area contributed by atoms with Gasteiger partial charge in [0, 0.05) is 17.9 Å². The Morgan fingerprint density at radius 1 is 0.767 bits per heavy atom. The lowest BCUT2D eigenvalue weighted by Crippen LogP contribution is -2.59. The van der Waals surface area contributed by atoms with E-state index in [0.29, 0.717) is 29.6 Å². The van der Waals surface area contributed by atoms with Crippen LogP contribution >= 0.6 is 0 Å². The van der Waals surface area contributed by atoms with E-state index in [2.05, 4.69) is 0 Å². The molecule has 0 saturated heterocycles. The lowest BCUT2D eigenvalue weighted by atomic mass is 9.48. The third-order valence-corrected chi connectivity index (χ3v) is 9.58. The van der Waals surface area contributed by atoms with E-state index in [-0.39, 0.29) is 34.6 Å². The van der Waals surface area contributed by atoms with E-state index in [1.807, 2.05) is 0 Å². The molecule has 166 valence electrons. The van der Waals surface area contributed by atoms with Gasteiger partial charge in [-0.1, -0.05) is 0 Å². The first-order valence-electron chi connectivity index (χ1n) is 11.8. The van der Waals surface area contributed by atoms with Crippen molar-refractivity contribution in [2.24, 2.45) is 52.1 Å². The summed E-state index contributed by atoms with van der Waals surface area (Å²) < 4.78 is 9.91. The monoisotopic (exact) mass is 417 g/mol. The van der Waals surface area contributed by atoms with Crippen LogP contribution < -0.4 is 5.73 Å². The summed E-state index contributed by atoms with van der Waals surface area (Å²) in [5, 5.41) is 0. The van der Waals surface area contributed by atoms with Gasteiger partial charge in [-0.25, -0.2) is 0 Å². The zero-order valence-electron chi connectivity index (χ0n) is 18.2. The normalized spacial score (nSPS) is 49.4. The molecule has 0 radical (unpaired) electrons. The fourth-order valence-electron chi connectivity index (χ4n) is 8.74. The SMILES string of the molecule is COC(=O)C12CC3CC(C1)C(=O)C(C3)C2.COC(=O)C12CC3CC(C1)C(N)C(C3)C2. The number of ether oxygens (including phenoxy) is 2. The topological polar surface area (TPSA) is 95.7 Å². The number of rotatable bonds is 2. The summed E-state index contributed by atoms with van der Waals surface area (Å²) in [5.41, 5.74) is 5.77. The van der Waals surface area contributed by atoms with Crippen LogP contribution in [0.4, 0.5) is 0 Å². The molecule has 6 heteroatoms. The molecule has 0 aromatic carbocycles. The average molecular weight is 418 g/mol. The summed E-state index contributed by atoms with van der Waals surface area (Å²) >= 11 is 0. The third-order valence-electron chi connectivity index (χ3n) is 9.58. The second kappa shape index (κ2) is 7.04. The smallest absolute Gasteiger partial charge is 0.311 e. The summed E-state index contributed by atoms with van der Waals surface area (Å²) in [5.74, 6) is 3.19. The van der Waals surface area contributed by atoms with Gasteiger partial charge in [0.15, 0.2) is 0 Å². The second-order valence-corrected chi connectivity index (χ2v) is 11.3. The maximum atomic E-state index is 11.9. The van der Waals surface area contributed by atoms with Crippen LogP contribution in [0.5, 0.6) is 0 Å². The van der Waals surface area contributed by atoms with Gasteiger partial charge < -0.3 is 15.2 Å². The molecule has 8 bridgehead atoms. The second-order valence-electron chi connectivity index (χ2n) is 11.3. The molecule has 30 heavy (non-hydrogen) atoms. The van der Waals surface area contributed by atoms with Crippen molar-refractivity contribution in [1.29, 1.82) is 0 Å². The fourth-order valence-corrected chi connectivity index (χ4v) is 8.74. The van der Waals surface area contributed by atoms with Gasteiger partial charge in [-0.2, -0.15) is 0 Å². The van der Waals surface area contributed by atoms with Crippen LogP contribution in [-0.4, -0.2) is 38.0 Å². The largest absolute Gasteiger partial charge is 0.469 e. The van der Waals surface area contributed by atoms with Crippen LogP contribution in [-0.2, 0) is 23.9 Å². The number of methoxy groups -OCH3 is 2. The Balaban J connectivity index is 0.000000128. The molecule has 8 saturated carbocycles. The van der Waals surface area contributed by atoms with Crippen molar-refractivity contribution in [3.05, 3.63) is 0 Å². The maximum absolute atomic E-state index is 11.9. The standard InChI is InChI=1S/C12H19NO2.C12H16O3/c2*1-15-11(14)12-4-7-2-8(5-12)10(13)9(3-7)6-12/h7-10H,2-6,13H2,1H3;7-9H,2-6H2,1H3. The van der Waals surface area contributed by atoms with Gasteiger partial charge in [0.25, 0.3) is 0 Å². The van der Waals surface area contributed by atoms with Crippen molar-refractivity contribution in [2.75, 3.05) is 14.2 Å². The van der Waals surface area contributed by atoms with E-state index in [0.717, 1.165) is 57.3 Å². The van der Waals surface area contributed by atoms with E-state index in [1.165, 1.54) is 27.1 Å². The molecule has 0 heterocycles. The molecule has 0 aromatic heterocycles. The minimum absolute atomic E-state index is 0.0220. The van der Waals surface area contributed by atoms with Gasteiger partial charge in [-0.3, -0.25) is 14.4 Å². The van der Waals surface area contributed by atoms with E-state index in [1.54, 1.807) is 0 Å². The highest BCUT2D eigenvalue weighted by molar-refractivity contribution is 5.89. The number of hydrogen-bond acceptors (Lipinski definition) is 6. The van der Waals surface area contributed by atoms with Crippen molar-refractivity contribution < 1.29 is 23.9 Å². The van der Waals surface area contributed by atoms with E-state index >= 15 is 0 Å². The molecular weight excluding hydrogens is 382 g/mol. The summed E-state index contributed by atoms with van der Waals surface area (Å²) in [4.78, 5) is 35.6. The van der Waals surface area contributed by atoms with Crippen LogP contribution in [0.15, 0.2) is 0 Å². The molecule has 0 aliphatic heterocycles. The average Bonchev–Trinajstić information content (AvgIpc) is 2.73. The van der Waals surface area contributed by atoms with Crippen molar-refractivity contribution in [1.82, 2.24) is 0 Å². The number of nitrogens with two attached hydrogens (primary N) is 1. The molecular formula is C24H35NO5. The van der Waals surface area contributed by atoms with Crippen LogP contribution in [0.1, 0.15) is 64.2 Å². The van der Waals surface area contributed by atoms with Crippen LogP contribution in [0.3, 0.4) is 0 Å². The fraction of sp³-hybridized carbons (Fsp3) is 0.875. The Labute approximate surface area is 178 Å². The van der Waals surface area contributed by atoms with E-state index < -0.39 is 0 Å². The van der Waals surface area contributed by atoms with Gasteiger partial charge >= 0.3 is 11.9 Å². The number of esters is 2. The highest BCUT2D eigenvalue weighted by Crippen LogP contribution is 2.60. The quantitative estimate of drug-likeness (QED) is 0.694. The number of hydrogen-bond donors (Lipinski definition) is 1. The van der Waals surface area contributed by atoms with Gasteiger partial charge in [0.2, 0.25) is 0 Å². The van der Waals surface area contributed by atoms with Crippen LogP contribution in [0.25, 0.3) is 0 Å². The van der Waals surface area contributed by atoms with Gasteiger partial charge in [-0.15, -0.1) is 0 Å². The van der Waals surface area contributed by atoms with Crippen LogP contribution in [0.2, 0.25) is 0 Å². The first-order chi connectivity index (χ1) is 14.3. The zero-order valence-corrected chi connectivity index (χ0v) is 18.2. The highest BCUT2D eigenvalue weighted by atomic mass is 16.5. The zero-order chi connectivity index (χ0) is 21.3. The molecule has 4 atom stereocenters. The lowest BCUT2D eigenvalue weighted by molar-refractivity contribution is -0.172. The Bertz CT molecular complexity index is 729. The number of Topliss-reactive ketones (excluding diaryl/α,β-unsaturated/α-hetero) is 1. The first kappa shape index (κ1) is 20.5. The first-order valence-corrected chi connectivity index (χ1v) is 11.8. The molecule has 8 fully saturated rings. The van der Waals surface area contributed by atoms with E-state index in [9.17, 15) is 14.4 Å². The Morgan fingerprint density at radius 3 is 1.67 bits per heavy atom. The summed E-state index contributed by atoms with van der Waals surface area (Å²) in [6.45, 7) is 0. The summed E-state index contributed by atoms with van der Waals surface area (Å²) in [7, 11) is 2.98. The minimum atomic E-state index is -0.293. The lowest BCUT2D eigenvalue weighted by Gasteiger charge is -2.57. The molecule has 0 aromatic rings. The maximum Gasteiger partial charge on any atom is 0.311 e. The molecule has 8 aliphatic rings. The Morgan fingerprint density at radius 2 is 1.20 bits per heavy atom. The Kier molecular flexibility index (Phi) is 4.81. The molecule has 8 rings (SSSR count). The predicted octanol–water partition coefficient (Wildman–Crippen LogP) is 2.87. The van der Waals surface area contributed by atoms with Gasteiger partial charge in [0.05, 0.1) is 25.0 Å². The summed E-state index contributed by atoms with van der Waals surface area (Å²) in [6.07, 6.45) is 10.0. The predicted molar refractivity (Wildman–Crippen MR) is 109 cm³/mol. The molecule has 6 nitrogen and oxygen atoms in total. The van der Waals surface area contributed by atoms with Crippen molar-refractivity contribution in [3.63, 3.8) is 0 Å². The van der Waals surface area contributed by atoms with Gasteiger partial charge in [0.1, 0.15) is 5.78 Å². The molecule has 4 unspecified atom stereocenters. The van der Waals surface area contributed by atoms with Crippen molar-refractivity contribution >= 4 is 17.7 Å². The molecule has 0 amide bonds. The highest BCUT2D eigenvalue weighted by Gasteiger charge is 2.59. The molecule has 8 aliphatic carbocycles. The van der Waals surface area contributed by atoms with Gasteiger partial charge in [-0.05, 0) is 87.9 Å². The number of carbonyl (C=O) groups excluding carboxylic acids is 3. The Hall–Kier alpha value is -1.43. The van der Waals surface area contributed by atoms with Crippen molar-refractivity contribution in [2.45, 2.75) is 70.3 Å². The molecule has 2 N–H and O–H groups in total. The molecule has 0 spiro atoms.